The summed E-state index contributed by atoms with van der Waals surface area (Å²) in [6.45, 7) is 2.66. The molecule has 3 rings (SSSR count). The highest BCUT2D eigenvalue weighted by atomic mass is 35.5. The van der Waals surface area contributed by atoms with Gasteiger partial charge in [-0.15, -0.1) is 0 Å². The third kappa shape index (κ3) is 5.24. The van der Waals surface area contributed by atoms with Crippen molar-refractivity contribution < 1.29 is 4.79 Å². The number of rotatable bonds is 8. The van der Waals surface area contributed by atoms with E-state index in [1.807, 2.05) is 41.9 Å². The summed E-state index contributed by atoms with van der Waals surface area (Å²) in [5, 5.41) is 1.26. The highest BCUT2D eigenvalue weighted by molar-refractivity contribution is 6.35. The van der Waals surface area contributed by atoms with E-state index in [0.29, 0.717) is 29.7 Å². The number of aromatic nitrogens is 2. The molecule has 1 aromatic heterocycles. The summed E-state index contributed by atoms with van der Waals surface area (Å²) in [6.07, 6.45) is 6.87. The Morgan fingerprint density at radius 3 is 2.67 bits per heavy atom. The van der Waals surface area contributed by atoms with E-state index in [1.54, 1.807) is 12.3 Å². The topological polar surface area (TPSA) is 41.4 Å². The number of benzene rings is 1. The molecule has 5 nitrogen and oxygen atoms in total. The number of hydrogen-bond donors (Lipinski definition) is 0. The van der Waals surface area contributed by atoms with Gasteiger partial charge in [-0.05, 0) is 44.6 Å². The van der Waals surface area contributed by atoms with E-state index in [4.69, 9.17) is 23.2 Å². The maximum absolute atomic E-state index is 12.9. The standard InChI is InChI=1S/C20H26Cl2N4O/c1-24(2)10-11-26(20(27)15-4-3-5-15)14-19-23-8-9-25(19)13-16-6-7-17(21)12-18(16)22/h6-9,12,15H,3-5,10-11,13-14H2,1-2H3. The van der Waals surface area contributed by atoms with Gasteiger partial charge >= 0.3 is 0 Å². The number of halogens is 2. The Morgan fingerprint density at radius 2 is 2.04 bits per heavy atom. The Morgan fingerprint density at radius 1 is 1.26 bits per heavy atom. The van der Waals surface area contributed by atoms with Gasteiger partial charge in [0.25, 0.3) is 0 Å². The summed E-state index contributed by atoms with van der Waals surface area (Å²) in [6, 6.07) is 5.51. The van der Waals surface area contributed by atoms with Crippen molar-refractivity contribution in [1.29, 1.82) is 0 Å². The first kappa shape index (κ1) is 20.2. The van der Waals surface area contributed by atoms with Crippen LogP contribution in [0.2, 0.25) is 10.0 Å². The quantitative estimate of drug-likeness (QED) is 0.664. The van der Waals surface area contributed by atoms with Crippen molar-refractivity contribution in [3.63, 3.8) is 0 Å². The van der Waals surface area contributed by atoms with Crippen LogP contribution in [0.5, 0.6) is 0 Å². The van der Waals surface area contributed by atoms with Gasteiger partial charge in [0.2, 0.25) is 5.91 Å². The lowest BCUT2D eigenvalue weighted by Gasteiger charge is -2.32. The van der Waals surface area contributed by atoms with E-state index >= 15 is 0 Å². The maximum atomic E-state index is 12.9. The van der Waals surface area contributed by atoms with E-state index in [2.05, 4.69) is 9.88 Å². The molecule has 146 valence electrons. The van der Waals surface area contributed by atoms with Gasteiger partial charge < -0.3 is 14.4 Å². The normalized spacial score (nSPS) is 14.4. The van der Waals surface area contributed by atoms with Crippen LogP contribution in [0, 0.1) is 5.92 Å². The molecule has 0 atom stereocenters. The minimum atomic E-state index is 0.182. The highest BCUT2D eigenvalue weighted by Gasteiger charge is 2.30. The smallest absolute Gasteiger partial charge is 0.226 e. The molecule has 1 fully saturated rings. The summed E-state index contributed by atoms with van der Waals surface area (Å²) in [5.41, 5.74) is 0.977. The fourth-order valence-electron chi connectivity index (χ4n) is 3.14. The first-order valence-corrected chi connectivity index (χ1v) is 10.1. The summed E-state index contributed by atoms with van der Waals surface area (Å²) in [7, 11) is 4.05. The Hall–Kier alpha value is -1.56. The van der Waals surface area contributed by atoms with Gasteiger partial charge in [0.05, 0.1) is 13.1 Å². The molecule has 0 N–H and O–H groups in total. The second-order valence-electron chi connectivity index (χ2n) is 7.40. The Kier molecular flexibility index (Phi) is 6.79. The lowest BCUT2D eigenvalue weighted by Crippen LogP contribution is -2.42. The highest BCUT2D eigenvalue weighted by Crippen LogP contribution is 2.29. The fraction of sp³-hybridized carbons (Fsp3) is 0.500. The van der Waals surface area contributed by atoms with E-state index in [0.717, 1.165) is 37.2 Å². The number of amides is 1. The van der Waals surface area contributed by atoms with E-state index in [-0.39, 0.29) is 11.8 Å². The third-order valence-corrected chi connectivity index (χ3v) is 5.66. The maximum Gasteiger partial charge on any atom is 0.226 e. The molecule has 0 aliphatic heterocycles. The molecule has 1 amide bonds. The van der Waals surface area contributed by atoms with E-state index in [9.17, 15) is 4.79 Å². The number of nitrogens with zero attached hydrogens (tertiary/aromatic N) is 4. The SMILES string of the molecule is CN(C)CCN(Cc1nccn1Cc1ccc(Cl)cc1Cl)C(=O)C1CCC1. The molecule has 1 aliphatic carbocycles. The molecule has 1 aliphatic rings. The predicted molar refractivity (Wildman–Crippen MR) is 109 cm³/mol. The Bertz CT molecular complexity index is 786. The second kappa shape index (κ2) is 9.09. The molecule has 0 bridgehead atoms. The Labute approximate surface area is 170 Å². The van der Waals surface area contributed by atoms with Crippen molar-refractivity contribution in [1.82, 2.24) is 19.4 Å². The zero-order valence-electron chi connectivity index (χ0n) is 15.9. The molecule has 0 saturated heterocycles. The van der Waals surface area contributed by atoms with E-state index < -0.39 is 0 Å². The van der Waals surface area contributed by atoms with Crippen LogP contribution in [0.3, 0.4) is 0 Å². The van der Waals surface area contributed by atoms with Gasteiger partial charge in [-0.1, -0.05) is 35.7 Å². The average molecular weight is 409 g/mol. The van der Waals surface area contributed by atoms with Crippen LogP contribution in [0.1, 0.15) is 30.7 Å². The molecule has 0 unspecified atom stereocenters. The molecule has 27 heavy (non-hydrogen) atoms. The molecule has 0 spiro atoms. The number of carbonyl (C=O) groups is 1. The first-order chi connectivity index (χ1) is 12.9. The van der Waals surface area contributed by atoms with Gasteiger partial charge in [-0.2, -0.15) is 0 Å². The summed E-state index contributed by atoms with van der Waals surface area (Å²) < 4.78 is 2.05. The molecule has 1 aromatic carbocycles. The molecular weight excluding hydrogens is 383 g/mol. The van der Waals surface area contributed by atoms with Crippen LogP contribution >= 0.6 is 23.2 Å². The average Bonchev–Trinajstić information content (AvgIpc) is 2.99. The molecule has 1 heterocycles. The molecule has 7 heteroatoms. The van der Waals surface area contributed by atoms with Crippen molar-refractivity contribution >= 4 is 29.1 Å². The van der Waals surface area contributed by atoms with Crippen LogP contribution in [-0.2, 0) is 17.9 Å². The second-order valence-corrected chi connectivity index (χ2v) is 8.24. The third-order valence-electron chi connectivity index (χ3n) is 5.07. The van der Waals surface area contributed by atoms with Crippen LogP contribution in [0.25, 0.3) is 0 Å². The summed E-state index contributed by atoms with van der Waals surface area (Å²) >= 11 is 12.3. The van der Waals surface area contributed by atoms with Crippen LogP contribution < -0.4 is 0 Å². The van der Waals surface area contributed by atoms with Gasteiger partial charge in [-0.3, -0.25) is 4.79 Å². The number of likely N-dealkylation sites (N-methyl/N-ethyl adjacent to an activating group) is 1. The minimum Gasteiger partial charge on any atom is -0.334 e. The van der Waals surface area contributed by atoms with Crippen molar-refractivity contribution in [2.75, 3.05) is 27.2 Å². The zero-order chi connectivity index (χ0) is 19.4. The van der Waals surface area contributed by atoms with Gasteiger partial charge in [0, 0.05) is 41.4 Å². The zero-order valence-corrected chi connectivity index (χ0v) is 17.4. The van der Waals surface area contributed by atoms with Crippen molar-refractivity contribution in [2.45, 2.75) is 32.4 Å². The predicted octanol–water partition coefficient (Wildman–Crippen LogP) is 3.93. The molecule has 1 saturated carbocycles. The van der Waals surface area contributed by atoms with Crippen LogP contribution in [0.4, 0.5) is 0 Å². The van der Waals surface area contributed by atoms with Crippen molar-refractivity contribution in [3.05, 3.63) is 52.0 Å². The van der Waals surface area contributed by atoms with Crippen molar-refractivity contribution in [2.24, 2.45) is 5.92 Å². The fourth-order valence-corrected chi connectivity index (χ4v) is 3.61. The summed E-state index contributed by atoms with van der Waals surface area (Å²) in [4.78, 5) is 21.4. The van der Waals surface area contributed by atoms with Crippen LogP contribution in [0.15, 0.2) is 30.6 Å². The van der Waals surface area contributed by atoms with Crippen molar-refractivity contribution in [3.8, 4) is 0 Å². The summed E-state index contributed by atoms with van der Waals surface area (Å²) in [5.74, 6) is 1.30. The lowest BCUT2D eigenvalue weighted by atomic mass is 9.84. The number of hydrogen-bond acceptors (Lipinski definition) is 3. The molecule has 2 aromatic rings. The molecular formula is C20H26Cl2N4O. The monoisotopic (exact) mass is 408 g/mol. The lowest BCUT2D eigenvalue weighted by molar-refractivity contribution is -0.139. The number of carbonyl (C=O) groups excluding carboxylic acids is 1. The minimum absolute atomic E-state index is 0.182. The largest absolute Gasteiger partial charge is 0.334 e. The Balaban J connectivity index is 1.74. The van der Waals surface area contributed by atoms with Crippen LogP contribution in [-0.4, -0.2) is 52.4 Å². The first-order valence-electron chi connectivity index (χ1n) is 9.31. The van der Waals surface area contributed by atoms with E-state index in [1.165, 1.54) is 0 Å². The number of imidazole rings is 1. The van der Waals surface area contributed by atoms with Gasteiger partial charge in [0.15, 0.2) is 0 Å². The van der Waals surface area contributed by atoms with Gasteiger partial charge in [0.1, 0.15) is 5.82 Å². The molecule has 0 radical (unpaired) electrons. The van der Waals surface area contributed by atoms with Gasteiger partial charge in [-0.25, -0.2) is 4.98 Å².